The molecule has 2 aromatic carbocycles. The van der Waals surface area contributed by atoms with Crippen LogP contribution in [0.2, 0.25) is 0 Å². The summed E-state index contributed by atoms with van der Waals surface area (Å²) in [5, 5.41) is 15.2. The number of hydrogen-bond donors (Lipinski definition) is 3. The number of amides is 2. The number of carbonyl (C=O) groups excluding carboxylic acids is 2. The maximum atomic E-state index is 12.9. The van der Waals surface area contributed by atoms with Gasteiger partial charge in [0.1, 0.15) is 6.61 Å². The summed E-state index contributed by atoms with van der Waals surface area (Å²) in [6, 6.07) is 16.0. The number of rotatable bonds is 9. The second-order valence-corrected chi connectivity index (χ2v) is 9.54. The van der Waals surface area contributed by atoms with Crippen LogP contribution < -0.4 is 10.6 Å². The van der Waals surface area contributed by atoms with Gasteiger partial charge in [-0.2, -0.15) is 0 Å². The molecule has 35 heavy (non-hydrogen) atoms. The second-order valence-electron chi connectivity index (χ2n) is 9.54. The van der Waals surface area contributed by atoms with E-state index in [0.29, 0.717) is 19.3 Å². The zero-order valence-corrected chi connectivity index (χ0v) is 20.2. The topological polar surface area (TPSA) is 105 Å². The summed E-state index contributed by atoms with van der Waals surface area (Å²) in [6.45, 7) is 2.35. The number of carboxylic acid groups (broad SMARTS) is 1. The SMILES string of the molecule is CCCC(CNC(=O)OCC1c2ccccc2-c2ccccc21)C(=O)NC1CCCCC1C(=O)O. The van der Waals surface area contributed by atoms with Crippen molar-refractivity contribution in [3.8, 4) is 11.1 Å². The molecule has 0 aromatic heterocycles. The lowest BCUT2D eigenvalue weighted by Gasteiger charge is -2.30. The molecule has 1 saturated carbocycles. The maximum Gasteiger partial charge on any atom is 0.407 e. The smallest absolute Gasteiger partial charge is 0.407 e. The molecule has 2 aliphatic carbocycles. The molecule has 2 amide bonds. The molecule has 1 fully saturated rings. The van der Waals surface area contributed by atoms with E-state index in [9.17, 15) is 19.5 Å². The minimum atomic E-state index is -0.862. The molecule has 186 valence electrons. The Bertz CT molecular complexity index is 1020. The zero-order chi connectivity index (χ0) is 24.8. The van der Waals surface area contributed by atoms with Crippen LogP contribution in [0.3, 0.4) is 0 Å². The third kappa shape index (κ3) is 5.66. The summed E-state index contributed by atoms with van der Waals surface area (Å²) >= 11 is 0. The highest BCUT2D eigenvalue weighted by Gasteiger charge is 2.33. The predicted octanol–water partition coefficient (Wildman–Crippen LogP) is 4.70. The minimum Gasteiger partial charge on any atom is -0.481 e. The first-order chi connectivity index (χ1) is 17.0. The van der Waals surface area contributed by atoms with Gasteiger partial charge in [0.05, 0.1) is 11.8 Å². The average Bonchev–Trinajstić information content (AvgIpc) is 3.19. The Balaban J connectivity index is 1.32. The van der Waals surface area contributed by atoms with Gasteiger partial charge in [-0.05, 0) is 41.5 Å². The van der Waals surface area contributed by atoms with Crippen molar-refractivity contribution in [1.29, 1.82) is 0 Å². The summed E-state index contributed by atoms with van der Waals surface area (Å²) in [5.74, 6) is -2.08. The summed E-state index contributed by atoms with van der Waals surface area (Å²) in [6.07, 6.45) is 3.84. The van der Waals surface area contributed by atoms with Gasteiger partial charge < -0.3 is 20.5 Å². The van der Waals surface area contributed by atoms with E-state index in [1.165, 1.54) is 11.1 Å². The van der Waals surface area contributed by atoms with Gasteiger partial charge in [-0.1, -0.05) is 74.7 Å². The van der Waals surface area contributed by atoms with E-state index in [1.807, 2.05) is 31.2 Å². The van der Waals surface area contributed by atoms with Crippen molar-refractivity contribution in [3.05, 3.63) is 59.7 Å². The van der Waals surface area contributed by atoms with Crippen molar-refractivity contribution in [3.63, 3.8) is 0 Å². The summed E-state index contributed by atoms with van der Waals surface area (Å²) in [4.78, 5) is 37.0. The van der Waals surface area contributed by atoms with Gasteiger partial charge in [-0.3, -0.25) is 9.59 Å². The zero-order valence-electron chi connectivity index (χ0n) is 20.2. The molecular weight excluding hydrogens is 444 g/mol. The van der Waals surface area contributed by atoms with Gasteiger partial charge in [0, 0.05) is 18.5 Å². The number of carbonyl (C=O) groups is 3. The lowest BCUT2D eigenvalue weighted by atomic mass is 9.84. The van der Waals surface area contributed by atoms with E-state index < -0.39 is 23.9 Å². The first-order valence-electron chi connectivity index (χ1n) is 12.6. The normalized spacial score (nSPS) is 19.8. The van der Waals surface area contributed by atoms with Crippen molar-refractivity contribution in [1.82, 2.24) is 10.6 Å². The third-order valence-electron chi connectivity index (χ3n) is 7.26. The first-order valence-corrected chi connectivity index (χ1v) is 12.6. The highest BCUT2D eigenvalue weighted by atomic mass is 16.5. The third-order valence-corrected chi connectivity index (χ3v) is 7.26. The Morgan fingerprint density at radius 1 is 1.00 bits per heavy atom. The summed E-state index contributed by atoms with van der Waals surface area (Å²) in [7, 11) is 0. The highest BCUT2D eigenvalue weighted by molar-refractivity contribution is 5.81. The largest absolute Gasteiger partial charge is 0.481 e. The van der Waals surface area contributed by atoms with E-state index in [4.69, 9.17) is 4.74 Å². The quantitative estimate of drug-likeness (QED) is 0.485. The standard InChI is InChI=1S/C28H34N2O5/c1-2-9-18(26(31)30-25-15-8-7-14-23(25)27(32)33)16-29-28(34)35-17-24-21-12-5-3-10-19(21)20-11-4-6-13-22(20)24/h3-6,10-13,18,23-25H,2,7-9,14-17H2,1H3,(H,29,34)(H,30,31)(H,32,33). The van der Waals surface area contributed by atoms with Gasteiger partial charge in [-0.25, -0.2) is 4.79 Å². The van der Waals surface area contributed by atoms with Crippen LogP contribution in [-0.4, -0.2) is 42.3 Å². The Morgan fingerprint density at radius 2 is 1.63 bits per heavy atom. The Hall–Kier alpha value is -3.35. The van der Waals surface area contributed by atoms with Crippen molar-refractivity contribution in [2.75, 3.05) is 13.2 Å². The molecule has 3 unspecified atom stereocenters. The molecule has 0 saturated heterocycles. The van der Waals surface area contributed by atoms with E-state index in [2.05, 4.69) is 34.9 Å². The molecular formula is C28H34N2O5. The van der Waals surface area contributed by atoms with Crippen molar-refractivity contribution in [2.45, 2.75) is 57.4 Å². The van der Waals surface area contributed by atoms with E-state index in [1.54, 1.807) is 0 Å². The first kappa shape index (κ1) is 24.8. The fourth-order valence-electron chi connectivity index (χ4n) is 5.43. The number of fused-ring (bicyclic) bond motifs is 3. The molecule has 0 aliphatic heterocycles. The number of ether oxygens (including phenoxy) is 1. The number of hydrogen-bond acceptors (Lipinski definition) is 4. The van der Waals surface area contributed by atoms with Crippen LogP contribution in [-0.2, 0) is 14.3 Å². The van der Waals surface area contributed by atoms with Crippen LogP contribution in [0.15, 0.2) is 48.5 Å². The fourth-order valence-corrected chi connectivity index (χ4v) is 5.43. The Kier molecular flexibility index (Phi) is 8.06. The predicted molar refractivity (Wildman–Crippen MR) is 133 cm³/mol. The van der Waals surface area contributed by atoms with Crippen LogP contribution in [0.5, 0.6) is 0 Å². The Morgan fingerprint density at radius 3 is 2.26 bits per heavy atom. The number of aliphatic carboxylic acids is 1. The molecule has 7 nitrogen and oxygen atoms in total. The lowest BCUT2D eigenvalue weighted by molar-refractivity contribution is -0.144. The van der Waals surface area contributed by atoms with Gasteiger partial charge in [0.25, 0.3) is 0 Å². The summed E-state index contributed by atoms with van der Waals surface area (Å²) < 4.78 is 5.59. The molecule has 0 heterocycles. The number of benzene rings is 2. The van der Waals surface area contributed by atoms with Crippen molar-refractivity contribution >= 4 is 18.0 Å². The van der Waals surface area contributed by atoms with Gasteiger partial charge >= 0.3 is 12.1 Å². The second kappa shape index (κ2) is 11.4. The van der Waals surface area contributed by atoms with Gasteiger partial charge in [-0.15, -0.1) is 0 Å². The molecule has 0 spiro atoms. The maximum absolute atomic E-state index is 12.9. The Labute approximate surface area is 206 Å². The van der Waals surface area contributed by atoms with E-state index in [-0.39, 0.29) is 31.0 Å². The van der Waals surface area contributed by atoms with Gasteiger partial charge in [0.2, 0.25) is 5.91 Å². The summed E-state index contributed by atoms with van der Waals surface area (Å²) in [5.41, 5.74) is 4.62. The number of alkyl carbamates (subject to hydrolysis) is 1. The molecule has 0 bridgehead atoms. The molecule has 2 aliphatic rings. The monoisotopic (exact) mass is 478 g/mol. The van der Waals surface area contributed by atoms with E-state index >= 15 is 0 Å². The van der Waals surface area contributed by atoms with E-state index in [0.717, 1.165) is 30.4 Å². The molecule has 0 radical (unpaired) electrons. The number of carboxylic acids is 1. The van der Waals surface area contributed by atoms with Crippen LogP contribution >= 0.6 is 0 Å². The molecule has 4 rings (SSSR count). The minimum absolute atomic E-state index is 0.0258. The molecule has 2 aromatic rings. The molecule has 3 N–H and O–H groups in total. The van der Waals surface area contributed by atoms with Crippen molar-refractivity contribution < 1.29 is 24.2 Å². The average molecular weight is 479 g/mol. The van der Waals surface area contributed by atoms with Gasteiger partial charge in [0.15, 0.2) is 0 Å². The highest BCUT2D eigenvalue weighted by Crippen LogP contribution is 2.44. The number of nitrogens with one attached hydrogen (secondary N) is 2. The molecule has 7 heteroatoms. The lowest BCUT2D eigenvalue weighted by Crippen LogP contribution is -2.48. The van der Waals surface area contributed by atoms with Crippen LogP contribution in [0, 0.1) is 11.8 Å². The van der Waals surface area contributed by atoms with Crippen LogP contribution in [0.25, 0.3) is 11.1 Å². The van der Waals surface area contributed by atoms with Crippen molar-refractivity contribution in [2.24, 2.45) is 11.8 Å². The van der Waals surface area contributed by atoms with Crippen LogP contribution in [0.4, 0.5) is 4.79 Å². The fraction of sp³-hybridized carbons (Fsp3) is 0.464. The van der Waals surface area contributed by atoms with Crippen LogP contribution in [0.1, 0.15) is 62.5 Å². The molecule has 3 atom stereocenters.